The molecule has 0 spiro atoms. The van der Waals surface area contributed by atoms with Gasteiger partial charge in [0.2, 0.25) is 5.82 Å². The van der Waals surface area contributed by atoms with E-state index in [9.17, 15) is 10.1 Å². The third kappa shape index (κ3) is 3.46. The Kier molecular flexibility index (Phi) is 4.68. The van der Waals surface area contributed by atoms with Gasteiger partial charge in [-0.2, -0.15) is 0 Å². The number of imidazole rings is 1. The van der Waals surface area contributed by atoms with Crippen LogP contribution in [0.25, 0.3) is 12.2 Å². The number of aromatic nitrogens is 2. The lowest BCUT2D eigenvalue weighted by Crippen LogP contribution is -2.07. The molecule has 7 heteroatoms. The molecule has 7 nitrogen and oxygen atoms in total. The molecule has 1 aromatic carbocycles. The van der Waals surface area contributed by atoms with Crippen molar-refractivity contribution in [3.8, 4) is 5.75 Å². The maximum atomic E-state index is 10.9. The molecule has 1 heterocycles. The Bertz CT molecular complexity index is 664. The minimum atomic E-state index is -0.522. The molecular formula is C14H15N3O4. The van der Waals surface area contributed by atoms with E-state index in [2.05, 4.69) is 4.98 Å². The van der Waals surface area contributed by atoms with Crippen molar-refractivity contribution >= 4 is 18.0 Å². The summed E-state index contributed by atoms with van der Waals surface area (Å²) in [4.78, 5) is 14.4. The van der Waals surface area contributed by atoms with Crippen LogP contribution in [0.3, 0.4) is 0 Å². The van der Waals surface area contributed by atoms with E-state index >= 15 is 0 Å². The predicted octanol–water partition coefficient (Wildman–Crippen LogP) is 1.96. The summed E-state index contributed by atoms with van der Waals surface area (Å²) in [5.74, 6) is 0.995. The molecule has 0 unspecified atom stereocenters. The number of rotatable bonds is 6. The van der Waals surface area contributed by atoms with Crippen LogP contribution in [0.1, 0.15) is 11.4 Å². The smallest absolute Gasteiger partial charge is 0.343 e. The summed E-state index contributed by atoms with van der Waals surface area (Å²) in [6.07, 6.45) is 4.63. The maximum absolute atomic E-state index is 10.9. The van der Waals surface area contributed by atoms with Crippen LogP contribution in [-0.4, -0.2) is 33.3 Å². The number of hydrogen-bond acceptors (Lipinski definition) is 5. The Balaban J connectivity index is 2.29. The zero-order valence-corrected chi connectivity index (χ0v) is 11.5. The summed E-state index contributed by atoms with van der Waals surface area (Å²) in [5, 5.41) is 19.9. The van der Waals surface area contributed by atoms with Gasteiger partial charge in [-0.1, -0.05) is 12.1 Å². The third-order valence-corrected chi connectivity index (χ3v) is 2.89. The second kappa shape index (κ2) is 6.67. The summed E-state index contributed by atoms with van der Waals surface area (Å²) in [7, 11) is 1.58. The zero-order chi connectivity index (χ0) is 15.2. The van der Waals surface area contributed by atoms with E-state index in [-0.39, 0.29) is 19.0 Å². The Morgan fingerprint density at radius 1 is 1.48 bits per heavy atom. The topological polar surface area (TPSA) is 90.4 Å². The quantitative estimate of drug-likeness (QED) is 0.648. The second-order valence-electron chi connectivity index (χ2n) is 4.22. The summed E-state index contributed by atoms with van der Waals surface area (Å²) in [6, 6.07) is 7.40. The minimum Gasteiger partial charge on any atom is -0.497 e. The largest absolute Gasteiger partial charge is 0.497 e. The highest BCUT2D eigenvalue weighted by Gasteiger charge is 2.17. The third-order valence-electron chi connectivity index (χ3n) is 2.89. The van der Waals surface area contributed by atoms with Crippen molar-refractivity contribution in [2.24, 2.45) is 0 Å². The molecule has 110 valence electrons. The van der Waals surface area contributed by atoms with Gasteiger partial charge >= 0.3 is 5.82 Å². The van der Waals surface area contributed by atoms with Gasteiger partial charge in [-0.25, -0.2) is 9.55 Å². The number of hydrogen-bond donors (Lipinski definition) is 1. The van der Waals surface area contributed by atoms with Crippen LogP contribution >= 0.6 is 0 Å². The standard InChI is InChI=1S/C14H15N3O4/c1-21-12-4-2-3-11(9-12)5-6-13-15-10-14(17(19)20)16(13)7-8-18/h2-6,9-10,18H,7-8H2,1H3/b6-5-. The van der Waals surface area contributed by atoms with Crippen molar-refractivity contribution in [2.75, 3.05) is 13.7 Å². The van der Waals surface area contributed by atoms with Gasteiger partial charge in [0.25, 0.3) is 0 Å². The molecule has 0 aliphatic carbocycles. The van der Waals surface area contributed by atoms with Gasteiger partial charge in [0.15, 0.2) is 0 Å². The van der Waals surface area contributed by atoms with E-state index in [1.165, 1.54) is 10.8 Å². The Hall–Kier alpha value is -2.67. The summed E-state index contributed by atoms with van der Waals surface area (Å²) < 4.78 is 6.49. The van der Waals surface area contributed by atoms with Crippen molar-refractivity contribution in [3.63, 3.8) is 0 Å². The Morgan fingerprint density at radius 3 is 2.95 bits per heavy atom. The fraction of sp³-hybridized carbons (Fsp3) is 0.214. The van der Waals surface area contributed by atoms with E-state index in [0.29, 0.717) is 5.82 Å². The molecule has 0 saturated heterocycles. The second-order valence-corrected chi connectivity index (χ2v) is 4.22. The Morgan fingerprint density at radius 2 is 2.29 bits per heavy atom. The van der Waals surface area contributed by atoms with Crippen molar-refractivity contribution in [2.45, 2.75) is 6.54 Å². The first-order valence-corrected chi connectivity index (χ1v) is 6.28. The first kappa shape index (κ1) is 14.7. The van der Waals surface area contributed by atoms with Gasteiger partial charge in [0.1, 0.15) is 18.5 Å². The van der Waals surface area contributed by atoms with E-state index in [1.807, 2.05) is 24.3 Å². The highest BCUT2D eigenvalue weighted by atomic mass is 16.6. The molecule has 2 rings (SSSR count). The fourth-order valence-electron chi connectivity index (χ4n) is 1.90. The van der Waals surface area contributed by atoms with E-state index in [0.717, 1.165) is 11.3 Å². The molecule has 0 atom stereocenters. The first-order chi connectivity index (χ1) is 10.2. The monoisotopic (exact) mass is 289 g/mol. The van der Waals surface area contributed by atoms with Gasteiger partial charge in [-0.15, -0.1) is 0 Å². The highest BCUT2D eigenvalue weighted by molar-refractivity contribution is 5.68. The molecule has 0 aliphatic rings. The average molecular weight is 289 g/mol. The van der Waals surface area contributed by atoms with Gasteiger partial charge in [-0.05, 0) is 28.7 Å². The highest BCUT2D eigenvalue weighted by Crippen LogP contribution is 2.18. The van der Waals surface area contributed by atoms with Crippen LogP contribution in [0.4, 0.5) is 5.82 Å². The number of nitrogens with zero attached hydrogens (tertiary/aromatic N) is 3. The molecule has 0 saturated carbocycles. The molecule has 1 N–H and O–H groups in total. The normalized spacial score (nSPS) is 11.0. The van der Waals surface area contributed by atoms with Crippen LogP contribution in [0, 0.1) is 10.1 Å². The molecule has 1 aromatic heterocycles. The van der Waals surface area contributed by atoms with Crippen LogP contribution in [0.5, 0.6) is 5.75 Å². The maximum Gasteiger partial charge on any atom is 0.343 e. The van der Waals surface area contributed by atoms with Gasteiger partial charge in [0, 0.05) is 6.08 Å². The number of methoxy groups -OCH3 is 1. The van der Waals surface area contributed by atoms with Crippen LogP contribution in [0.2, 0.25) is 0 Å². The number of benzene rings is 1. The molecule has 2 aromatic rings. The molecule has 0 aliphatic heterocycles. The lowest BCUT2D eigenvalue weighted by molar-refractivity contribution is -0.392. The lowest BCUT2D eigenvalue weighted by Gasteiger charge is -2.01. The number of ether oxygens (including phenoxy) is 1. The molecular weight excluding hydrogens is 274 g/mol. The summed E-state index contributed by atoms with van der Waals surface area (Å²) in [6.45, 7) is -0.0781. The van der Waals surface area contributed by atoms with Crippen molar-refractivity contribution in [3.05, 3.63) is 52.0 Å². The predicted molar refractivity (Wildman–Crippen MR) is 77.9 cm³/mol. The molecule has 0 radical (unpaired) electrons. The van der Waals surface area contributed by atoms with Gasteiger partial charge < -0.3 is 20.0 Å². The number of aliphatic hydroxyl groups is 1. The van der Waals surface area contributed by atoms with Crippen LogP contribution in [0.15, 0.2) is 30.5 Å². The Labute approximate surface area is 121 Å². The van der Waals surface area contributed by atoms with Crippen molar-refractivity contribution < 1.29 is 14.8 Å². The van der Waals surface area contributed by atoms with Crippen molar-refractivity contribution in [1.29, 1.82) is 0 Å². The van der Waals surface area contributed by atoms with Gasteiger partial charge in [0.05, 0.1) is 13.7 Å². The fourth-order valence-corrected chi connectivity index (χ4v) is 1.90. The average Bonchev–Trinajstić information content (AvgIpc) is 2.89. The molecule has 21 heavy (non-hydrogen) atoms. The molecule has 0 fully saturated rings. The van der Waals surface area contributed by atoms with E-state index in [4.69, 9.17) is 9.84 Å². The first-order valence-electron chi connectivity index (χ1n) is 6.28. The minimum absolute atomic E-state index is 0.119. The zero-order valence-electron chi connectivity index (χ0n) is 11.5. The van der Waals surface area contributed by atoms with E-state index < -0.39 is 4.92 Å². The SMILES string of the molecule is COc1cccc(/C=C\c2ncc([N+](=O)[O-])n2CCO)c1. The molecule has 0 amide bonds. The molecule has 0 bridgehead atoms. The number of aliphatic hydroxyl groups excluding tert-OH is 1. The summed E-state index contributed by atoms with van der Waals surface area (Å²) >= 11 is 0. The van der Waals surface area contributed by atoms with Crippen molar-refractivity contribution in [1.82, 2.24) is 9.55 Å². The van der Waals surface area contributed by atoms with Crippen LogP contribution < -0.4 is 4.74 Å². The van der Waals surface area contributed by atoms with Crippen LogP contribution in [-0.2, 0) is 6.54 Å². The van der Waals surface area contributed by atoms with Gasteiger partial charge in [-0.3, -0.25) is 0 Å². The number of nitro groups is 1. The summed E-state index contributed by atoms with van der Waals surface area (Å²) in [5.41, 5.74) is 0.885. The lowest BCUT2D eigenvalue weighted by atomic mass is 10.2. The van der Waals surface area contributed by atoms with E-state index in [1.54, 1.807) is 19.3 Å².